The average Bonchev–Trinajstić information content (AvgIpc) is 2.09. The largest absolute Gasteiger partial charge is 0.389 e. The fraction of sp³-hybridized carbons (Fsp3) is 1.00. The van der Waals surface area contributed by atoms with Crippen LogP contribution in [0.3, 0.4) is 0 Å². The minimum Gasteiger partial charge on any atom is -0.389 e. The molecule has 18 heavy (non-hydrogen) atoms. The Kier molecular flexibility index (Phi) is 6.30. The summed E-state index contributed by atoms with van der Waals surface area (Å²) >= 11 is 0. The van der Waals surface area contributed by atoms with Gasteiger partial charge in [0.05, 0.1) is 11.4 Å². The van der Waals surface area contributed by atoms with Gasteiger partial charge in [-0.15, -0.1) is 0 Å². The summed E-state index contributed by atoms with van der Waals surface area (Å²) in [6, 6.07) is 0. The Balaban J connectivity index is 4.27. The van der Waals surface area contributed by atoms with Gasteiger partial charge in [0.15, 0.2) is 0 Å². The predicted molar refractivity (Wildman–Crippen MR) is 75.9 cm³/mol. The van der Waals surface area contributed by atoms with Gasteiger partial charge in [-0.05, 0) is 31.1 Å². The molecule has 0 saturated carbocycles. The van der Waals surface area contributed by atoms with E-state index in [-0.39, 0.29) is 17.7 Å². The second-order valence-corrected chi connectivity index (χ2v) is 8.97. The summed E-state index contributed by atoms with van der Waals surface area (Å²) in [5.41, 5.74) is -0.988. The third kappa shape index (κ3) is 9.85. The highest BCUT2D eigenvalue weighted by Gasteiger charge is 2.25. The van der Waals surface area contributed by atoms with Gasteiger partial charge in [0.1, 0.15) is 0 Å². The molecule has 4 nitrogen and oxygen atoms in total. The van der Waals surface area contributed by atoms with Crippen molar-refractivity contribution < 1.29 is 13.5 Å². The predicted octanol–water partition coefficient (Wildman–Crippen LogP) is 2.14. The molecule has 0 heterocycles. The molecule has 0 radical (unpaired) electrons. The summed E-state index contributed by atoms with van der Waals surface area (Å²) in [6.45, 7) is 11.8. The number of sulfonamides is 1. The van der Waals surface area contributed by atoms with E-state index in [1.54, 1.807) is 6.92 Å². The zero-order valence-electron chi connectivity index (χ0n) is 12.6. The zero-order chi connectivity index (χ0) is 14.6. The Morgan fingerprint density at radius 3 is 2.06 bits per heavy atom. The van der Waals surface area contributed by atoms with Crippen molar-refractivity contribution in [3.8, 4) is 0 Å². The maximum Gasteiger partial charge on any atom is 0.211 e. The fourth-order valence-corrected chi connectivity index (χ4v) is 3.29. The smallest absolute Gasteiger partial charge is 0.211 e. The van der Waals surface area contributed by atoms with Crippen LogP contribution in [0.4, 0.5) is 0 Å². The molecular weight excluding hydrogens is 250 g/mol. The number of rotatable bonds is 7. The van der Waals surface area contributed by atoms with Crippen LogP contribution in [-0.2, 0) is 10.0 Å². The van der Waals surface area contributed by atoms with Crippen LogP contribution in [0, 0.1) is 11.3 Å². The number of aliphatic hydroxyl groups is 1. The van der Waals surface area contributed by atoms with Gasteiger partial charge in [0, 0.05) is 6.54 Å². The molecule has 5 heteroatoms. The minimum atomic E-state index is -3.29. The quantitative estimate of drug-likeness (QED) is 0.750. The highest BCUT2D eigenvalue weighted by Crippen LogP contribution is 2.19. The Bertz CT molecular complexity index is 340. The van der Waals surface area contributed by atoms with E-state index >= 15 is 0 Å². The number of hydrogen-bond donors (Lipinski definition) is 2. The van der Waals surface area contributed by atoms with Crippen molar-refractivity contribution >= 4 is 10.0 Å². The van der Waals surface area contributed by atoms with E-state index in [2.05, 4.69) is 4.72 Å². The number of hydrogen-bond acceptors (Lipinski definition) is 3. The Morgan fingerprint density at radius 1 is 1.17 bits per heavy atom. The number of nitrogens with one attached hydrogen (secondary N) is 1. The van der Waals surface area contributed by atoms with E-state index in [1.807, 2.05) is 34.6 Å². The van der Waals surface area contributed by atoms with Gasteiger partial charge < -0.3 is 5.11 Å². The third-order valence-corrected chi connectivity index (χ3v) is 3.97. The summed E-state index contributed by atoms with van der Waals surface area (Å²) in [5, 5.41) is 10.0. The van der Waals surface area contributed by atoms with Crippen LogP contribution < -0.4 is 4.72 Å². The molecule has 110 valence electrons. The van der Waals surface area contributed by atoms with E-state index < -0.39 is 15.6 Å². The monoisotopic (exact) mass is 279 g/mol. The van der Waals surface area contributed by atoms with Gasteiger partial charge in [-0.2, -0.15) is 0 Å². The first kappa shape index (κ1) is 17.9. The minimum absolute atomic E-state index is 0.00476. The SMILES string of the molecule is CC(C)CC(C)(O)CNS(=O)(=O)CCC(C)(C)C. The van der Waals surface area contributed by atoms with E-state index in [0.29, 0.717) is 18.8 Å². The lowest BCUT2D eigenvalue weighted by Gasteiger charge is -2.26. The first-order valence-electron chi connectivity index (χ1n) is 6.53. The van der Waals surface area contributed by atoms with Crippen molar-refractivity contribution in [2.75, 3.05) is 12.3 Å². The maximum atomic E-state index is 11.8. The summed E-state index contributed by atoms with van der Waals surface area (Å²) in [4.78, 5) is 0. The highest BCUT2D eigenvalue weighted by molar-refractivity contribution is 7.89. The van der Waals surface area contributed by atoms with Crippen LogP contribution in [-0.4, -0.2) is 31.4 Å². The topological polar surface area (TPSA) is 66.4 Å². The van der Waals surface area contributed by atoms with Gasteiger partial charge in [-0.25, -0.2) is 13.1 Å². The molecule has 0 spiro atoms. The molecule has 0 aromatic heterocycles. The molecule has 0 saturated heterocycles. The molecular formula is C13H29NO3S. The Labute approximate surface area is 112 Å². The first-order valence-corrected chi connectivity index (χ1v) is 8.18. The van der Waals surface area contributed by atoms with Crippen molar-refractivity contribution in [1.29, 1.82) is 0 Å². The van der Waals surface area contributed by atoms with Crippen molar-refractivity contribution in [3.05, 3.63) is 0 Å². The van der Waals surface area contributed by atoms with E-state index in [1.165, 1.54) is 0 Å². The van der Waals surface area contributed by atoms with Crippen molar-refractivity contribution in [2.45, 2.75) is 60.0 Å². The van der Waals surface area contributed by atoms with Gasteiger partial charge in [-0.3, -0.25) is 0 Å². The molecule has 0 aliphatic heterocycles. The third-order valence-electron chi connectivity index (χ3n) is 2.64. The highest BCUT2D eigenvalue weighted by atomic mass is 32.2. The van der Waals surface area contributed by atoms with E-state index in [0.717, 1.165) is 0 Å². The molecule has 0 aliphatic rings. The lowest BCUT2D eigenvalue weighted by Crippen LogP contribution is -2.42. The van der Waals surface area contributed by atoms with Gasteiger partial charge >= 0.3 is 0 Å². The van der Waals surface area contributed by atoms with Crippen LogP contribution in [0.2, 0.25) is 0 Å². The first-order chi connectivity index (χ1) is 7.83. The molecule has 2 N–H and O–H groups in total. The maximum absolute atomic E-state index is 11.8. The fourth-order valence-electron chi connectivity index (χ4n) is 1.73. The molecule has 0 bridgehead atoms. The Morgan fingerprint density at radius 2 is 1.67 bits per heavy atom. The summed E-state index contributed by atoms with van der Waals surface area (Å²) in [5.74, 6) is 0.438. The average molecular weight is 279 g/mol. The van der Waals surface area contributed by atoms with Gasteiger partial charge in [0.2, 0.25) is 10.0 Å². The summed E-state index contributed by atoms with van der Waals surface area (Å²) in [7, 11) is -3.29. The molecule has 0 aromatic rings. The van der Waals surface area contributed by atoms with Crippen molar-refractivity contribution in [1.82, 2.24) is 4.72 Å². The van der Waals surface area contributed by atoms with Crippen molar-refractivity contribution in [2.24, 2.45) is 11.3 Å². The van der Waals surface area contributed by atoms with E-state index in [4.69, 9.17) is 0 Å². The van der Waals surface area contributed by atoms with Crippen LogP contribution >= 0.6 is 0 Å². The summed E-state index contributed by atoms with van der Waals surface area (Å²) < 4.78 is 26.1. The normalized spacial score (nSPS) is 16.9. The van der Waals surface area contributed by atoms with Gasteiger partial charge in [-0.1, -0.05) is 34.6 Å². The van der Waals surface area contributed by atoms with Crippen LogP contribution in [0.5, 0.6) is 0 Å². The lowest BCUT2D eigenvalue weighted by molar-refractivity contribution is 0.0436. The molecule has 0 amide bonds. The van der Waals surface area contributed by atoms with Crippen molar-refractivity contribution in [3.63, 3.8) is 0 Å². The molecule has 0 aromatic carbocycles. The lowest BCUT2D eigenvalue weighted by atomic mass is 9.94. The molecule has 1 atom stereocenters. The second kappa shape index (κ2) is 6.35. The molecule has 0 rings (SSSR count). The van der Waals surface area contributed by atoms with Crippen LogP contribution in [0.15, 0.2) is 0 Å². The van der Waals surface area contributed by atoms with Crippen LogP contribution in [0.1, 0.15) is 54.4 Å². The summed E-state index contributed by atoms with van der Waals surface area (Å²) in [6.07, 6.45) is 1.18. The molecule has 0 fully saturated rings. The standard InChI is InChI=1S/C13H29NO3S/c1-11(2)9-13(6,15)10-14-18(16,17)8-7-12(3,4)5/h11,14-15H,7-10H2,1-6H3. The molecule has 0 aliphatic carbocycles. The van der Waals surface area contributed by atoms with Crippen LogP contribution in [0.25, 0.3) is 0 Å². The Hall–Kier alpha value is -0.130. The zero-order valence-corrected chi connectivity index (χ0v) is 13.4. The van der Waals surface area contributed by atoms with E-state index in [9.17, 15) is 13.5 Å². The van der Waals surface area contributed by atoms with Gasteiger partial charge in [0.25, 0.3) is 0 Å². The second-order valence-electron chi connectivity index (χ2n) is 7.05. The molecule has 1 unspecified atom stereocenters.